The minimum Gasteiger partial charge on any atom is -0.482 e. The largest absolute Gasteiger partial charge is 0.482 e. The van der Waals surface area contributed by atoms with Gasteiger partial charge >= 0.3 is 5.97 Å². The van der Waals surface area contributed by atoms with Gasteiger partial charge in [0.05, 0.1) is 6.61 Å². The Morgan fingerprint density at radius 2 is 1.95 bits per heavy atom. The summed E-state index contributed by atoms with van der Waals surface area (Å²) in [4.78, 5) is 11.3. The summed E-state index contributed by atoms with van der Waals surface area (Å²) < 4.78 is 15.3. The van der Waals surface area contributed by atoms with Gasteiger partial charge < -0.3 is 14.0 Å². The first kappa shape index (κ1) is 14.1. The third kappa shape index (κ3) is 2.93. The van der Waals surface area contributed by atoms with Gasteiger partial charge in [0.15, 0.2) is 6.61 Å². The van der Waals surface area contributed by atoms with E-state index in [1.165, 1.54) is 0 Å². The van der Waals surface area contributed by atoms with Crippen LogP contribution in [0.5, 0.6) is 5.75 Å². The standard InChI is InChI=1S/C17H15NO4/c1-2-20-16(19)11-21-14-8-6-12(7-9-14)17-15-5-3-4-13(15)10-22-18-17/h3-10H,2,11H2,1H3. The van der Waals surface area contributed by atoms with Crippen molar-refractivity contribution in [1.82, 2.24) is 5.16 Å². The molecule has 112 valence electrons. The van der Waals surface area contributed by atoms with Gasteiger partial charge in [-0.1, -0.05) is 23.4 Å². The van der Waals surface area contributed by atoms with E-state index in [0.29, 0.717) is 12.4 Å². The molecule has 1 aliphatic heterocycles. The summed E-state index contributed by atoms with van der Waals surface area (Å²) in [6.07, 6.45) is 1.62. The predicted molar refractivity (Wildman–Crippen MR) is 80.7 cm³/mol. The predicted octanol–water partition coefficient (Wildman–Crippen LogP) is 3.39. The second-order valence-corrected chi connectivity index (χ2v) is 4.68. The van der Waals surface area contributed by atoms with Crippen LogP contribution in [0.15, 0.2) is 53.3 Å². The molecule has 0 bridgehead atoms. The number of hydrogen-bond acceptors (Lipinski definition) is 5. The number of ether oxygens (including phenoxy) is 2. The first-order valence-corrected chi connectivity index (χ1v) is 7.00. The number of benzene rings is 1. The molecule has 0 spiro atoms. The van der Waals surface area contributed by atoms with Crippen molar-refractivity contribution >= 4 is 5.97 Å². The molecule has 5 heteroatoms. The minimum atomic E-state index is -0.381. The smallest absolute Gasteiger partial charge is 0.344 e. The van der Waals surface area contributed by atoms with Crippen molar-refractivity contribution in [3.05, 3.63) is 48.7 Å². The molecule has 0 amide bonds. The molecule has 0 aromatic heterocycles. The lowest BCUT2D eigenvalue weighted by atomic mass is 10.0. The number of fused-ring (bicyclic) bond motifs is 1. The molecule has 1 aromatic carbocycles. The lowest BCUT2D eigenvalue weighted by molar-refractivity contribution is -0.145. The fourth-order valence-electron chi connectivity index (χ4n) is 2.20. The number of hydrogen-bond donors (Lipinski definition) is 0. The number of carbonyl (C=O) groups is 1. The zero-order valence-electron chi connectivity index (χ0n) is 12.1. The van der Waals surface area contributed by atoms with Crippen molar-refractivity contribution in [3.63, 3.8) is 0 Å². The highest BCUT2D eigenvalue weighted by atomic mass is 16.6. The summed E-state index contributed by atoms with van der Waals surface area (Å²) in [5.74, 6) is 0.219. The summed E-state index contributed by atoms with van der Waals surface area (Å²) in [5.41, 5.74) is 3.74. The zero-order valence-corrected chi connectivity index (χ0v) is 12.1. The van der Waals surface area contributed by atoms with E-state index >= 15 is 0 Å². The van der Waals surface area contributed by atoms with Crippen LogP contribution in [0.3, 0.4) is 0 Å². The molecule has 22 heavy (non-hydrogen) atoms. The average molecular weight is 297 g/mol. The second-order valence-electron chi connectivity index (χ2n) is 4.68. The fraction of sp³-hybridized carbons (Fsp3) is 0.176. The van der Waals surface area contributed by atoms with Crippen molar-refractivity contribution in [3.8, 4) is 28.1 Å². The maximum atomic E-state index is 11.3. The highest BCUT2D eigenvalue weighted by Crippen LogP contribution is 2.32. The SMILES string of the molecule is CCOC(=O)COc1ccc(-c2nocc3cccc2-3)cc1. The Bertz CT molecular complexity index is 733. The van der Waals surface area contributed by atoms with Crippen molar-refractivity contribution in [2.75, 3.05) is 13.2 Å². The zero-order chi connectivity index (χ0) is 15.4. The van der Waals surface area contributed by atoms with Gasteiger partial charge in [0.2, 0.25) is 0 Å². The van der Waals surface area contributed by atoms with Gasteiger partial charge in [-0.2, -0.15) is 0 Å². The molecule has 1 heterocycles. The van der Waals surface area contributed by atoms with E-state index in [2.05, 4.69) is 5.16 Å². The third-order valence-corrected chi connectivity index (χ3v) is 3.22. The molecular formula is C17H15NO4. The van der Waals surface area contributed by atoms with Gasteiger partial charge in [0.25, 0.3) is 0 Å². The molecule has 0 radical (unpaired) electrons. The van der Waals surface area contributed by atoms with Crippen LogP contribution in [0.4, 0.5) is 0 Å². The Morgan fingerprint density at radius 1 is 1.14 bits per heavy atom. The fourth-order valence-corrected chi connectivity index (χ4v) is 2.20. The van der Waals surface area contributed by atoms with Crippen LogP contribution in [0.2, 0.25) is 0 Å². The van der Waals surface area contributed by atoms with Gasteiger partial charge in [0.1, 0.15) is 17.7 Å². The Balaban J connectivity index is 1.75. The summed E-state index contributed by atoms with van der Waals surface area (Å²) in [5, 5.41) is 4.09. The van der Waals surface area contributed by atoms with Crippen LogP contribution in [-0.2, 0) is 9.53 Å². The lowest BCUT2D eigenvalue weighted by Gasteiger charge is -2.08. The molecule has 0 N–H and O–H groups in total. The Labute approximate surface area is 127 Å². The first-order chi connectivity index (χ1) is 10.8. The summed E-state index contributed by atoms with van der Waals surface area (Å²) >= 11 is 0. The third-order valence-electron chi connectivity index (χ3n) is 3.22. The molecule has 0 saturated heterocycles. The summed E-state index contributed by atoms with van der Waals surface area (Å²) in [6, 6.07) is 13.3. The van der Waals surface area contributed by atoms with Gasteiger partial charge in [-0.3, -0.25) is 0 Å². The van der Waals surface area contributed by atoms with Crippen molar-refractivity contribution in [2.24, 2.45) is 0 Å². The molecular weight excluding hydrogens is 282 g/mol. The summed E-state index contributed by atoms with van der Waals surface area (Å²) in [6.45, 7) is 2.01. The van der Waals surface area contributed by atoms with Crippen LogP contribution in [-0.4, -0.2) is 24.3 Å². The molecule has 3 rings (SSSR count). The van der Waals surface area contributed by atoms with Gasteiger partial charge in [-0.25, -0.2) is 4.79 Å². The summed E-state index contributed by atoms with van der Waals surface area (Å²) in [7, 11) is 0. The van der Waals surface area contributed by atoms with E-state index in [4.69, 9.17) is 14.0 Å². The van der Waals surface area contributed by atoms with Crippen molar-refractivity contribution in [2.45, 2.75) is 6.92 Å². The maximum Gasteiger partial charge on any atom is 0.344 e. The van der Waals surface area contributed by atoms with Crippen molar-refractivity contribution in [1.29, 1.82) is 0 Å². The van der Waals surface area contributed by atoms with E-state index in [9.17, 15) is 4.79 Å². The van der Waals surface area contributed by atoms with Crippen LogP contribution in [0, 0.1) is 0 Å². The number of aromatic nitrogens is 1. The van der Waals surface area contributed by atoms with E-state index in [1.54, 1.807) is 25.3 Å². The normalized spacial score (nSPS) is 10.6. The molecule has 0 fully saturated rings. The molecule has 0 unspecified atom stereocenters. The van der Waals surface area contributed by atoms with Gasteiger partial charge in [-0.05, 0) is 31.2 Å². The van der Waals surface area contributed by atoms with E-state index < -0.39 is 0 Å². The Morgan fingerprint density at radius 3 is 2.73 bits per heavy atom. The Kier molecular flexibility index (Phi) is 4.05. The molecule has 1 aliphatic carbocycles. The molecule has 0 atom stereocenters. The lowest BCUT2D eigenvalue weighted by Crippen LogP contribution is -2.14. The highest BCUT2D eigenvalue weighted by molar-refractivity contribution is 5.81. The number of carbonyl (C=O) groups excluding carboxylic acids is 1. The van der Waals surface area contributed by atoms with Crippen LogP contribution in [0.25, 0.3) is 22.4 Å². The molecule has 0 saturated carbocycles. The minimum absolute atomic E-state index is 0.0980. The van der Waals surface area contributed by atoms with Crippen LogP contribution in [0.1, 0.15) is 6.92 Å². The Hall–Kier alpha value is -2.82. The average Bonchev–Trinajstić information content (AvgIpc) is 3.02. The highest BCUT2D eigenvalue weighted by Gasteiger charge is 2.12. The van der Waals surface area contributed by atoms with Crippen LogP contribution < -0.4 is 4.74 Å². The monoisotopic (exact) mass is 297 g/mol. The van der Waals surface area contributed by atoms with Crippen LogP contribution >= 0.6 is 0 Å². The quantitative estimate of drug-likeness (QED) is 0.675. The van der Waals surface area contributed by atoms with Crippen molar-refractivity contribution < 1.29 is 18.8 Å². The molecule has 5 nitrogen and oxygen atoms in total. The maximum absolute atomic E-state index is 11.3. The van der Waals surface area contributed by atoms with Gasteiger partial charge in [-0.15, -0.1) is 0 Å². The van der Waals surface area contributed by atoms with Gasteiger partial charge in [0, 0.05) is 16.7 Å². The molecule has 1 aromatic rings. The van der Waals surface area contributed by atoms with E-state index in [1.807, 2.05) is 30.3 Å². The number of rotatable bonds is 5. The second kappa shape index (κ2) is 6.30. The van der Waals surface area contributed by atoms with E-state index in [-0.39, 0.29) is 12.6 Å². The number of esters is 1. The number of nitrogens with zero attached hydrogens (tertiary/aromatic N) is 1. The first-order valence-electron chi connectivity index (χ1n) is 7.00. The topological polar surface area (TPSA) is 61.6 Å². The van der Waals surface area contributed by atoms with E-state index in [0.717, 1.165) is 22.4 Å². The molecule has 2 aliphatic rings.